The van der Waals surface area contributed by atoms with E-state index in [1.807, 2.05) is 0 Å². The van der Waals surface area contributed by atoms with Crippen LogP contribution in [0.3, 0.4) is 0 Å². The van der Waals surface area contributed by atoms with E-state index in [9.17, 15) is 0 Å². The average Bonchev–Trinajstić information content (AvgIpc) is 2.20. The van der Waals surface area contributed by atoms with Gasteiger partial charge in [0.25, 0.3) is 0 Å². The first-order chi connectivity index (χ1) is 4.29. The molecule has 0 N–H and O–H groups in total. The molecule has 1 aliphatic carbocycles. The molecule has 0 spiro atoms. The van der Waals surface area contributed by atoms with Crippen LogP contribution < -0.4 is 24.8 Å². The van der Waals surface area contributed by atoms with E-state index in [0.717, 1.165) is 23.8 Å². The van der Waals surface area contributed by atoms with Crippen molar-refractivity contribution in [2.24, 2.45) is 0 Å². The summed E-state index contributed by atoms with van der Waals surface area (Å²) >= 11 is 1.06. The molecule has 0 aromatic heterocycles. The van der Waals surface area contributed by atoms with Crippen molar-refractivity contribution in [3.8, 4) is 0 Å². The fraction of sp³-hybridized carbons (Fsp3) is 0.429. The van der Waals surface area contributed by atoms with Gasteiger partial charge >= 0.3 is 21.0 Å². The van der Waals surface area contributed by atoms with Gasteiger partial charge in [0, 0.05) is 0 Å². The molecule has 63 valence electrons. The van der Waals surface area contributed by atoms with Crippen LogP contribution >= 0.6 is 0 Å². The first kappa shape index (κ1) is 17.5. The van der Waals surface area contributed by atoms with Crippen molar-refractivity contribution >= 4 is 0 Å². The number of hydrogen-bond acceptors (Lipinski definition) is 1. The first-order valence-electron chi connectivity index (χ1n) is 2.73. The number of rotatable bonds is 0. The molecule has 0 aromatic carbocycles. The Hall–Kier alpha value is 0.444. The van der Waals surface area contributed by atoms with E-state index in [2.05, 4.69) is 26.0 Å². The molecule has 0 heterocycles. The molecule has 1 aliphatic rings. The van der Waals surface area contributed by atoms with Crippen LogP contribution in [0, 0.1) is 6.08 Å². The quantitative estimate of drug-likeness (QED) is 0.388. The van der Waals surface area contributed by atoms with Crippen molar-refractivity contribution in [1.82, 2.24) is 0 Å². The van der Waals surface area contributed by atoms with Gasteiger partial charge in [0.05, 0.1) is 0 Å². The van der Waals surface area contributed by atoms with Crippen molar-refractivity contribution in [1.29, 1.82) is 0 Å². The summed E-state index contributed by atoms with van der Waals surface area (Å²) in [7, 11) is 0. The van der Waals surface area contributed by atoms with Gasteiger partial charge in [0.1, 0.15) is 0 Å². The molecule has 0 aliphatic heterocycles. The van der Waals surface area contributed by atoms with Crippen LogP contribution in [-0.4, -0.2) is 0 Å². The minimum atomic E-state index is 0. The van der Waals surface area contributed by atoms with Crippen LogP contribution in [0.5, 0.6) is 0 Å². The van der Waals surface area contributed by atoms with Crippen LogP contribution in [0.1, 0.15) is 20.3 Å². The summed E-state index contributed by atoms with van der Waals surface area (Å²) in [6.07, 6.45) is 6.50. The molecule has 0 bridgehead atoms. The summed E-state index contributed by atoms with van der Waals surface area (Å²) in [5.41, 5.74) is 2.65. The van der Waals surface area contributed by atoms with Crippen LogP contribution in [-0.2, 0) is 21.0 Å². The molecule has 0 fully saturated rings. The summed E-state index contributed by atoms with van der Waals surface area (Å²) in [6.45, 7) is 4.18. The average molecular weight is 231 g/mol. The Morgan fingerprint density at radius 2 is 1.82 bits per heavy atom. The van der Waals surface area contributed by atoms with Crippen LogP contribution in [0.25, 0.3) is 0 Å². The van der Waals surface area contributed by atoms with Crippen molar-refractivity contribution in [3.63, 3.8) is 0 Å². The van der Waals surface area contributed by atoms with Gasteiger partial charge in [-0.1, -0.05) is 20.3 Å². The van der Waals surface area contributed by atoms with Gasteiger partial charge in [0.2, 0.25) is 0 Å². The fourth-order valence-corrected chi connectivity index (χ4v) is 0.745. The predicted molar refractivity (Wildman–Crippen MR) is 31.5 cm³/mol. The van der Waals surface area contributed by atoms with E-state index in [0.29, 0.717) is 0 Å². The monoisotopic (exact) mass is 230 g/mol. The SMILES string of the molecule is CC1=[C-]C(C)=CC1.[Cl-].[Cl-].[O]=[V+2]. The van der Waals surface area contributed by atoms with E-state index >= 15 is 0 Å². The zero-order valence-corrected chi connectivity index (χ0v) is 9.30. The Morgan fingerprint density at radius 3 is 1.91 bits per heavy atom. The second-order valence-electron chi connectivity index (χ2n) is 2.00. The molecule has 1 rings (SSSR count). The molecule has 0 saturated heterocycles. The van der Waals surface area contributed by atoms with Crippen LogP contribution in [0.4, 0.5) is 0 Å². The fourth-order valence-electron chi connectivity index (χ4n) is 0.745. The van der Waals surface area contributed by atoms with E-state index in [1.165, 1.54) is 11.1 Å². The maximum absolute atomic E-state index is 8.19. The van der Waals surface area contributed by atoms with Crippen molar-refractivity contribution in [2.75, 3.05) is 0 Å². The van der Waals surface area contributed by atoms with Crippen molar-refractivity contribution in [2.45, 2.75) is 20.3 Å². The van der Waals surface area contributed by atoms with Crippen molar-refractivity contribution < 1.29 is 45.9 Å². The van der Waals surface area contributed by atoms with Gasteiger partial charge in [-0.2, -0.15) is 5.57 Å². The Morgan fingerprint density at radius 1 is 1.36 bits per heavy atom. The third-order valence-corrected chi connectivity index (χ3v) is 1.12. The third kappa shape index (κ3) is 8.35. The van der Waals surface area contributed by atoms with Crippen LogP contribution in [0.15, 0.2) is 17.2 Å². The standard InChI is InChI=1S/C7H9.2ClH.O.V/c1-6-3-4-7(2)5-6;;;;/h3H,4H2,1-2H3;2*1H;;/q-1;;;;+2/p-2. The van der Waals surface area contributed by atoms with Crippen molar-refractivity contribution in [3.05, 3.63) is 23.3 Å². The molecule has 11 heavy (non-hydrogen) atoms. The molecule has 0 radical (unpaired) electrons. The van der Waals surface area contributed by atoms with Gasteiger partial charge in [-0.15, -0.1) is 0 Å². The summed E-state index contributed by atoms with van der Waals surface area (Å²) in [5.74, 6) is 0. The van der Waals surface area contributed by atoms with E-state index in [-0.39, 0.29) is 24.8 Å². The molecule has 0 aromatic rings. The van der Waals surface area contributed by atoms with Crippen LogP contribution in [0.2, 0.25) is 0 Å². The third-order valence-electron chi connectivity index (χ3n) is 1.12. The van der Waals surface area contributed by atoms with Gasteiger partial charge in [-0.05, 0) is 0 Å². The number of hydrogen-bond donors (Lipinski definition) is 0. The van der Waals surface area contributed by atoms with E-state index < -0.39 is 0 Å². The molecule has 4 heteroatoms. The number of halogens is 2. The van der Waals surface area contributed by atoms with Gasteiger partial charge in [0.15, 0.2) is 0 Å². The Kier molecular flexibility index (Phi) is 16.6. The summed E-state index contributed by atoms with van der Waals surface area (Å²) in [4.78, 5) is 0. The Labute approximate surface area is 89.4 Å². The molecular weight excluding hydrogens is 222 g/mol. The number of allylic oxidation sites excluding steroid dienone is 4. The molecule has 1 nitrogen and oxygen atoms in total. The second-order valence-corrected chi connectivity index (χ2v) is 2.00. The van der Waals surface area contributed by atoms with E-state index in [4.69, 9.17) is 3.67 Å². The first-order valence-corrected chi connectivity index (χ1v) is 3.30. The zero-order chi connectivity index (χ0) is 7.28. The molecular formula is C7H9Cl2OV-. The second kappa shape index (κ2) is 10.4. The Balaban J connectivity index is -0.000000149. The summed E-state index contributed by atoms with van der Waals surface area (Å²) in [6, 6.07) is 0. The molecule has 0 amide bonds. The Bertz CT molecular complexity index is 155. The van der Waals surface area contributed by atoms with E-state index in [1.54, 1.807) is 0 Å². The van der Waals surface area contributed by atoms with Gasteiger partial charge in [-0.25, -0.2) is 11.6 Å². The maximum atomic E-state index is 8.19. The summed E-state index contributed by atoms with van der Waals surface area (Å²) in [5, 5.41) is 0. The summed E-state index contributed by atoms with van der Waals surface area (Å²) < 4.78 is 8.19. The normalized spacial score (nSPS) is 12.7. The molecule has 0 atom stereocenters. The zero-order valence-electron chi connectivity index (χ0n) is 6.40. The predicted octanol–water partition coefficient (Wildman–Crippen LogP) is -4.03. The topological polar surface area (TPSA) is 17.1 Å². The molecule has 0 saturated carbocycles. The minimum absolute atomic E-state index is 0. The molecule has 0 unspecified atom stereocenters. The van der Waals surface area contributed by atoms with Gasteiger partial charge < -0.3 is 24.8 Å². The van der Waals surface area contributed by atoms with Gasteiger partial charge in [-0.3, -0.25) is 6.08 Å².